The Balaban J connectivity index is 1.67. The molecule has 0 saturated heterocycles. The Kier molecular flexibility index (Phi) is 3.56. The summed E-state index contributed by atoms with van der Waals surface area (Å²) in [6.07, 6.45) is 6.06. The number of rotatable bonds is 4. The standard InChI is InChI=1S/C19H18FN3O/c1-12(13-2-3-13)21-19(24)16-8-10-23-11-9-17(22-18(16)23)14-4-6-15(20)7-5-14/h4-13H,2-3H2,1H3,(H,21,24)/t12-/m0/s1. The first-order chi connectivity index (χ1) is 11.6. The summed E-state index contributed by atoms with van der Waals surface area (Å²) < 4.78 is 14.9. The largest absolute Gasteiger partial charge is 0.349 e. The molecule has 1 N–H and O–H groups in total. The van der Waals surface area contributed by atoms with E-state index in [1.165, 1.54) is 25.0 Å². The Morgan fingerprint density at radius 1 is 1.21 bits per heavy atom. The van der Waals surface area contributed by atoms with E-state index in [2.05, 4.69) is 10.3 Å². The van der Waals surface area contributed by atoms with Crippen LogP contribution in [-0.4, -0.2) is 21.3 Å². The molecule has 4 rings (SSSR count). The highest BCUT2D eigenvalue weighted by Crippen LogP contribution is 2.32. The minimum Gasteiger partial charge on any atom is -0.349 e. The quantitative estimate of drug-likeness (QED) is 0.796. The highest BCUT2D eigenvalue weighted by molar-refractivity contribution is 6.00. The molecule has 1 aliphatic rings. The van der Waals surface area contributed by atoms with E-state index in [-0.39, 0.29) is 17.8 Å². The smallest absolute Gasteiger partial charge is 0.255 e. The van der Waals surface area contributed by atoms with E-state index in [0.717, 1.165) is 5.56 Å². The van der Waals surface area contributed by atoms with Crippen LogP contribution in [0.25, 0.3) is 16.9 Å². The van der Waals surface area contributed by atoms with Gasteiger partial charge in [0, 0.05) is 24.0 Å². The molecule has 1 atom stereocenters. The number of nitrogens with one attached hydrogen (secondary N) is 1. The number of aromatic nitrogens is 2. The Labute approximate surface area is 139 Å². The molecule has 1 aromatic carbocycles. The van der Waals surface area contributed by atoms with Crippen LogP contribution in [0.1, 0.15) is 30.1 Å². The molecule has 0 bridgehead atoms. The van der Waals surface area contributed by atoms with Crippen LogP contribution in [0.3, 0.4) is 0 Å². The first-order valence-corrected chi connectivity index (χ1v) is 8.16. The summed E-state index contributed by atoms with van der Waals surface area (Å²) in [4.78, 5) is 17.1. The van der Waals surface area contributed by atoms with Gasteiger partial charge in [-0.05, 0) is 62.1 Å². The first kappa shape index (κ1) is 14.9. The molecule has 1 fully saturated rings. The zero-order chi connectivity index (χ0) is 16.7. The molecule has 0 spiro atoms. The molecule has 0 unspecified atom stereocenters. The lowest BCUT2D eigenvalue weighted by atomic mass is 10.1. The third-order valence-electron chi connectivity index (χ3n) is 4.58. The number of hydrogen-bond acceptors (Lipinski definition) is 2. The van der Waals surface area contributed by atoms with Crippen LogP contribution in [0.4, 0.5) is 4.39 Å². The van der Waals surface area contributed by atoms with Crippen molar-refractivity contribution in [3.63, 3.8) is 0 Å². The van der Waals surface area contributed by atoms with Crippen molar-refractivity contribution in [3.8, 4) is 11.3 Å². The second kappa shape index (κ2) is 5.74. The molecule has 4 nitrogen and oxygen atoms in total. The zero-order valence-corrected chi connectivity index (χ0v) is 13.4. The third kappa shape index (κ3) is 2.77. The fourth-order valence-electron chi connectivity index (χ4n) is 2.94. The van der Waals surface area contributed by atoms with E-state index in [9.17, 15) is 9.18 Å². The maximum absolute atomic E-state index is 13.1. The van der Waals surface area contributed by atoms with Gasteiger partial charge in [0.1, 0.15) is 11.5 Å². The number of nitrogens with zero attached hydrogens (tertiary/aromatic N) is 2. The van der Waals surface area contributed by atoms with Crippen molar-refractivity contribution >= 4 is 11.6 Å². The number of benzene rings is 1. The van der Waals surface area contributed by atoms with Crippen molar-refractivity contribution < 1.29 is 9.18 Å². The van der Waals surface area contributed by atoms with Gasteiger partial charge in [0.2, 0.25) is 0 Å². The van der Waals surface area contributed by atoms with Crippen LogP contribution in [0.15, 0.2) is 48.8 Å². The average Bonchev–Trinajstić information content (AvgIpc) is 3.35. The number of amides is 1. The summed E-state index contributed by atoms with van der Waals surface area (Å²) in [5, 5.41) is 3.06. The van der Waals surface area contributed by atoms with Gasteiger partial charge in [0.25, 0.3) is 5.91 Å². The molecule has 2 aromatic heterocycles. The molecular weight excluding hydrogens is 305 g/mol. The fraction of sp³-hybridized carbons (Fsp3) is 0.263. The van der Waals surface area contributed by atoms with Gasteiger partial charge in [-0.25, -0.2) is 9.37 Å². The maximum Gasteiger partial charge on any atom is 0.255 e. The normalized spacial score (nSPS) is 15.4. The number of halogens is 1. The molecule has 3 aromatic rings. The van der Waals surface area contributed by atoms with Crippen LogP contribution in [0, 0.1) is 11.7 Å². The molecule has 1 saturated carbocycles. The van der Waals surface area contributed by atoms with Crippen LogP contribution in [0.5, 0.6) is 0 Å². The molecular formula is C19H18FN3O. The average molecular weight is 323 g/mol. The Morgan fingerprint density at radius 2 is 1.92 bits per heavy atom. The predicted molar refractivity (Wildman–Crippen MR) is 90.2 cm³/mol. The van der Waals surface area contributed by atoms with Crippen LogP contribution in [-0.2, 0) is 0 Å². The van der Waals surface area contributed by atoms with Gasteiger partial charge < -0.3 is 9.72 Å². The van der Waals surface area contributed by atoms with Gasteiger partial charge in [-0.3, -0.25) is 4.79 Å². The van der Waals surface area contributed by atoms with E-state index < -0.39 is 0 Å². The van der Waals surface area contributed by atoms with Gasteiger partial charge >= 0.3 is 0 Å². The van der Waals surface area contributed by atoms with Crippen molar-refractivity contribution in [3.05, 3.63) is 60.2 Å². The zero-order valence-electron chi connectivity index (χ0n) is 13.4. The maximum atomic E-state index is 13.1. The van der Waals surface area contributed by atoms with Crippen LogP contribution < -0.4 is 5.32 Å². The summed E-state index contributed by atoms with van der Waals surface area (Å²) >= 11 is 0. The van der Waals surface area contributed by atoms with Crippen molar-refractivity contribution in [2.45, 2.75) is 25.8 Å². The molecule has 122 valence electrons. The topological polar surface area (TPSA) is 46.4 Å². The van der Waals surface area contributed by atoms with Gasteiger partial charge in [0.15, 0.2) is 0 Å². The SMILES string of the molecule is C[C@H](NC(=O)c1ccn2ccc(-c3ccc(F)cc3)nc12)C1CC1. The fourth-order valence-corrected chi connectivity index (χ4v) is 2.94. The van der Waals surface area contributed by atoms with E-state index >= 15 is 0 Å². The van der Waals surface area contributed by atoms with E-state index in [4.69, 9.17) is 0 Å². The molecule has 1 aliphatic carbocycles. The number of carbonyl (C=O) groups excluding carboxylic acids is 1. The molecule has 1 amide bonds. The van der Waals surface area contributed by atoms with Gasteiger partial charge in [-0.1, -0.05) is 0 Å². The molecule has 0 radical (unpaired) electrons. The van der Waals surface area contributed by atoms with Crippen molar-refractivity contribution in [1.29, 1.82) is 0 Å². The molecule has 5 heteroatoms. The minimum absolute atomic E-state index is 0.0966. The summed E-state index contributed by atoms with van der Waals surface area (Å²) in [7, 11) is 0. The van der Waals surface area contributed by atoms with E-state index in [1.807, 2.05) is 29.8 Å². The van der Waals surface area contributed by atoms with Gasteiger partial charge in [0.05, 0.1) is 11.3 Å². The second-order valence-electron chi connectivity index (χ2n) is 6.38. The molecule has 2 heterocycles. The van der Waals surface area contributed by atoms with Crippen molar-refractivity contribution in [2.75, 3.05) is 0 Å². The van der Waals surface area contributed by atoms with Crippen molar-refractivity contribution in [1.82, 2.24) is 14.7 Å². The number of hydrogen-bond donors (Lipinski definition) is 1. The third-order valence-corrected chi connectivity index (χ3v) is 4.58. The number of carbonyl (C=O) groups is 1. The monoisotopic (exact) mass is 323 g/mol. The number of fused-ring (bicyclic) bond motifs is 1. The molecule has 0 aliphatic heterocycles. The predicted octanol–water partition coefficient (Wildman–Crippen LogP) is 3.67. The Bertz CT molecular complexity index is 897. The Hall–Kier alpha value is -2.69. The van der Waals surface area contributed by atoms with Crippen LogP contribution >= 0.6 is 0 Å². The van der Waals surface area contributed by atoms with Crippen LogP contribution in [0.2, 0.25) is 0 Å². The summed E-state index contributed by atoms with van der Waals surface area (Å²) in [5.41, 5.74) is 2.70. The Morgan fingerprint density at radius 3 is 2.62 bits per heavy atom. The second-order valence-corrected chi connectivity index (χ2v) is 6.38. The van der Waals surface area contributed by atoms with Crippen molar-refractivity contribution in [2.24, 2.45) is 5.92 Å². The van der Waals surface area contributed by atoms with Gasteiger partial charge in [-0.15, -0.1) is 0 Å². The summed E-state index contributed by atoms with van der Waals surface area (Å²) in [6.45, 7) is 2.05. The highest BCUT2D eigenvalue weighted by atomic mass is 19.1. The van der Waals surface area contributed by atoms with E-state index in [1.54, 1.807) is 18.2 Å². The lowest BCUT2D eigenvalue weighted by Crippen LogP contribution is -2.33. The molecule has 24 heavy (non-hydrogen) atoms. The summed E-state index contributed by atoms with van der Waals surface area (Å²) in [6, 6.07) is 10.0. The summed E-state index contributed by atoms with van der Waals surface area (Å²) in [5.74, 6) is 0.225. The first-order valence-electron chi connectivity index (χ1n) is 8.16. The lowest BCUT2D eigenvalue weighted by Gasteiger charge is -2.12. The highest BCUT2D eigenvalue weighted by Gasteiger charge is 2.29. The van der Waals surface area contributed by atoms with E-state index in [0.29, 0.717) is 22.8 Å². The lowest BCUT2D eigenvalue weighted by molar-refractivity contribution is 0.0937. The minimum atomic E-state index is -0.281. The van der Waals surface area contributed by atoms with Gasteiger partial charge in [-0.2, -0.15) is 0 Å².